The van der Waals surface area contributed by atoms with Crippen molar-refractivity contribution >= 4 is 11.6 Å². The van der Waals surface area contributed by atoms with Crippen LogP contribution in [0.4, 0.5) is 5.69 Å². The SMILES string of the molecule is CNc1ccc(C)cc1C(=O)N(C)CCOC. The molecule has 0 aliphatic rings. The van der Waals surface area contributed by atoms with Crippen molar-refractivity contribution in [2.45, 2.75) is 6.92 Å². The summed E-state index contributed by atoms with van der Waals surface area (Å²) in [7, 11) is 5.23. The van der Waals surface area contributed by atoms with E-state index in [4.69, 9.17) is 4.74 Å². The summed E-state index contributed by atoms with van der Waals surface area (Å²) in [5.41, 5.74) is 2.63. The summed E-state index contributed by atoms with van der Waals surface area (Å²) in [6.45, 7) is 3.11. The molecule has 1 aromatic carbocycles. The molecule has 1 amide bonds. The molecule has 1 rings (SSSR count). The molecule has 0 fully saturated rings. The van der Waals surface area contributed by atoms with Crippen molar-refractivity contribution < 1.29 is 9.53 Å². The molecule has 0 radical (unpaired) electrons. The predicted octanol–water partition coefficient (Wildman–Crippen LogP) is 1.76. The number of methoxy groups -OCH3 is 1. The van der Waals surface area contributed by atoms with Gasteiger partial charge in [-0.1, -0.05) is 11.6 Å². The minimum atomic E-state index is 0.00935. The van der Waals surface area contributed by atoms with Gasteiger partial charge in [0.15, 0.2) is 0 Å². The Morgan fingerprint density at radius 2 is 2.18 bits per heavy atom. The number of rotatable bonds is 5. The molecular formula is C13H20N2O2. The number of nitrogens with one attached hydrogen (secondary N) is 1. The van der Waals surface area contributed by atoms with E-state index in [1.54, 1.807) is 19.1 Å². The van der Waals surface area contributed by atoms with Crippen molar-refractivity contribution in [3.63, 3.8) is 0 Å². The first kappa shape index (κ1) is 13.5. The van der Waals surface area contributed by atoms with E-state index in [1.807, 2.05) is 32.2 Å². The lowest BCUT2D eigenvalue weighted by Gasteiger charge is -2.18. The van der Waals surface area contributed by atoms with E-state index in [-0.39, 0.29) is 5.91 Å². The number of hydrogen-bond acceptors (Lipinski definition) is 3. The van der Waals surface area contributed by atoms with Gasteiger partial charge in [0.2, 0.25) is 0 Å². The number of hydrogen-bond donors (Lipinski definition) is 1. The smallest absolute Gasteiger partial charge is 0.255 e. The van der Waals surface area contributed by atoms with Crippen LogP contribution in [0.5, 0.6) is 0 Å². The molecule has 4 heteroatoms. The van der Waals surface area contributed by atoms with Gasteiger partial charge in [0.25, 0.3) is 5.91 Å². The van der Waals surface area contributed by atoms with Crippen LogP contribution in [0.2, 0.25) is 0 Å². The second-order valence-electron chi connectivity index (χ2n) is 4.02. The standard InChI is InChI=1S/C13H20N2O2/c1-10-5-6-12(14-2)11(9-10)13(16)15(3)7-8-17-4/h5-6,9,14H,7-8H2,1-4H3. The molecule has 94 valence electrons. The second-order valence-corrected chi connectivity index (χ2v) is 4.02. The zero-order chi connectivity index (χ0) is 12.8. The fraction of sp³-hybridized carbons (Fsp3) is 0.462. The van der Waals surface area contributed by atoms with Gasteiger partial charge in [-0.05, 0) is 19.1 Å². The number of amides is 1. The molecule has 0 aromatic heterocycles. The summed E-state index contributed by atoms with van der Waals surface area (Å²) < 4.78 is 4.97. The zero-order valence-electron chi connectivity index (χ0n) is 10.9. The van der Waals surface area contributed by atoms with Gasteiger partial charge in [0.05, 0.1) is 12.2 Å². The van der Waals surface area contributed by atoms with Crippen LogP contribution in [0.3, 0.4) is 0 Å². The molecule has 0 saturated carbocycles. The van der Waals surface area contributed by atoms with Crippen molar-refractivity contribution in [2.24, 2.45) is 0 Å². The van der Waals surface area contributed by atoms with Gasteiger partial charge in [-0.3, -0.25) is 4.79 Å². The maximum absolute atomic E-state index is 12.2. The summed E-state index contributed by atoms with van der Waals surface area (Å²) in [6, 6.07) is 5.81. The molecule has 1 N–H and O–H groups in total. The molecule has 1 aromatic rings. The Kier molecular flexibility index (Phi) is 4.97. The number of ether oxygens (including phenoxy) is 1. The number of carbonyl (C=O) groups is 1. The molecule has 0 unspecified atom stereocenters. The number of likely N-dealkylation sites (N-methyl/N-ethyl adjacent to an activating group) is 1. The number of benzene rings is 1. The van der Waals surface area contributed by atoms with E-state index in [0.29, 0.717) is 18.7 Å². The Bertz CT molecular complexity index is 391. The maximum Gasteiger partial charge on any atom is 0.255 e. The lowest BCUT2D eigenvalue weighted by molar-refractivity contribution is 0.0745. The van der Waals surface area contributed by atoms with Crippen LogP contribution in [0, 0.1) is 6.92 Å². The van der Waals surface area contributed by atoms with Gasteiger partial charge in [0, 0.05) is 33.4 Å². The third-order valence-corrected chi connectivity index (χ3v) is 2.65. The molecule has 17 heavy (non-hydrogen) atoms. The Morgan fingerprint density at radius 3 is 2.76 bits per heavy atom. The number of anilines is 1. The Hall–Kier alpha value is -1.55. The van der Waals surface area contributed by atoms with E-state index in [1.165, 1.54) is 0 Å². The van der Waals surface area contributed by atoms with Crippen molar-refractivity contribution in [1.29, 1.82) is 0 Å². The highest BCUT2D eigenvalue weighted by Gasteiger charge is 2.15. The van der Waals surface area contributed by atoms with Crippen molar-refractivity contribution in [3.05, 3.63) is 29.3 Å². The minimum absolute atomic E-state index is 0.00935. The van der Waals surface area contributed by atoms with E-state index in [2.05, 4.69) is 5.32 Å². The van der Waals surface area contributed by atoms with Gasteiger partial charge >= 0.3 is 0 Å². The van der Waals surface area contributed by atoms with E-state index >= 15 is 0 Å². The number of nitrogens with zero attached hydrogens (tertiary/aromatic N) is 1. The third-order valence-electron chi connectivity index (χ3n) is 2.65. The summed E-state index contributed by atoms with van der Waals surface area (Å²) in [5.74, 6) is 0.00935. The quantitative estimate of drug-likeness (QED) is 0.847. The highest BCUT2D eigenvalue weighted by atomic mass is 16.5. The highest BCUT2D eigenvalue weighted by Crippen LogP contribution is 2.18. The van der Waals surface area contributed by atoms with Crippen LogP contribution in [0.25, 0.3) is 0 Å². The third kappa shape index (κ3) is 3.46. The first-order valence-corrected chi connectivity index (χ1v) is 5.63. The Labute approximate surface area is 103 Å². The molecule has 0 saturated heterocycles. The lowest BCUT2D eigenvalue weighted by atomic mass is 10.1. The van der Waals surface area contributed by atoms with Crippen LogP contribution in [0.1, 0.15) is 15.9 Å². The normalized spacial score (nSPS) is 10.1. The van der Waals surface area contributed by atoms with Gasteiger partial charge in [-0.2, -0.15) is 0 Å². The van der Waals surface area contributed by atoms with E-state index in [9.17, 15) is 4.79 Å². The lowest BCUT2D eigenvalue weighted by Crippen LogP contribution is -2.30. The molecule has 0 spiro atoms. The fourth-order valence-corrected chi connectivity index (χ4v) is 1.59. The Morgan fingerprint density at radius 1 is 1.47 bits per heavy atom. The maximum atomic E-state index is 12.2. The van der Waals surface area contributed by atoms with Crippen LogP contribution in [0.15, 0.2) is 18.2 Å². The summed E-state index contributed by atoms with van der Waals surface area (Å²) >= 11 is 0. The first-order valence-electron chi connectivity index (χ1n) is 5.63. The van der Waals surface area contributed by atoms with Crippen molar-refractivity contribution in [3.8, 4) is 0 Å². The molecule has 4 nitrogen and oxygen atoms in total. The van der Waals surface area contributed by atoms with Crippen molar-refractivity contribution in [2.75, 3.05) is 39.7 Å². The summed E-state index contributed by atoms with van der Waals surface area (Å²) in [6.07, 6.45) is 0. The van der Waals surface area contributed by atoms with Gasteiger partial charge in [-0.25, -0.2) is 0 Å². The monoisotopic (exact) mass is 236 g/mol. The average Bonchev–Trinajstić information content (AvgIpc) is 2.34. The van der Waals surface area contributed by atoms with Gasteiger partial charge in [0.1, 0.15) is 0 Å². The zero-order valence-corrected chi connectivity index (χ0v) is 10.9. The number of aryl methyl sites for hydroxylation is 1. The predicted molar refractivity (Wildman–Crippen MR) is 69.6 cm³/mol. The van der Waals surface area contributed by atoms with Crippen molar-refractivity contribution in [1.82, 2.24) is 4.90 Å². The molecule has 0 aliphatic carbocycles. The average molecular weight is 236 g/mol. The first-order chi connectivity index (χ1) is 8.10. The van der Waals surface area contributed by atoms with Gasteiger partial charge in [-0.15, -0.1) is 0 Å². The molecule has 0 bridgehead atoms. The van der Waals surface area contributed by atoms with Crippen LogP contribution < -0.4 is 5.32 Å². The van der Waals surface area contributed by atoms with Gasteiger partial charge < -0.3 is 15.0 Å². The van der Waals surface area contributed by atoms with E-state index in [0.717, 1.165) is 11.3 Å². The molecular weight excluding hydrogens is 216 g/mol. The fourth-order valence-electron chi connectivity index (χ4n) is 1.59. The van der Waals surface area contributed by atoms with Crippen LogP contribution in [-0.2, 0) is 4.74 Å². The van der Waals surface area contributed by atoms with E-state index < -0.39 is 0 Å². The molecule has 0 aliphatic heterocycles. The van der Waals surface area contributed by atoms with Crippen LogP contribution in [-0.4, -0.2) is 45.2 Å². The Balaban J connectivity index is 2.90. The molecule has 0 atom stereocenters. The summed E-state index contributed by atoms with van der Waals surface area (Å²) in [4.78, 5) is 13.9. The number of carbonyl (C=O) groups excluding carboxylic acids is 1. The second kappa shape index (κ2) is 6.25. The topological polar surface area (TPSA) is 41.6 Å². The van der Waals surface area contributed by atoms with Crippen LogP contribution >= 0.6 is 0 Å². The highest BCUT2D eigenvalue weighted by molar-refractivity contribution is 5.99. The minimum Gasteiger partial charge on any atom is -0.387 e. The molecule has 0 heterocycles. The largest absolute Gasteiger partial charge is 0.387 e. The summed E-state index contributed by atoms with van der Waals surface area (Å²) in [5, 5.41) is 3.04.